The standard InChI is InChI=1S/C15H15FN4O2/c16-13-9(2-1-5-17-13)12-7-18-15(22-12)14(21)20-11-6-8-3-4-10(11)19-8/h1-2,5,7-8,10-11,19H,3-4,6H2,(H,20,21)/t8-,10+,11-/m1/s1. The molecule has 0 saturated carbocycles. The lowest BCUT2D eigenvalue weighted by Gasteiger charge is -2.20. The highest BCUT2D eigenvalue weighted by Crippen LogP contribution is 2.28. The predicted octanol–water partition coefficient (Wildman–Crippen LogP) is 1.50. The maximum Gasteiger partial charge on any atom is 0.307 e. The van der Waals surface area contributed by atoms with Crippen LogP contribution in [-0.2, 0) is 0 Å². The van der Waals surface area contributed by atoms with Gasteiger partial charge in [0.1, 0.15) is 0 Å². The molecule has 2 aromatic heterocycles. The quantitative estimate of drug-likeness (QED) is 0.840. The summed E-state index contributed by atoms with van der Waals surface area (Å²) in [5.41, 5.74) is 0.190. The highest BCUT2D eigenvalue weighted by atomic mass is 19.1. The van der Waals surface area contributed by atoms with E-state index in [1.807, 2.05) is 0 Å². The van der Waals surface area contributed by atoms with Crippen LogP contribution in [0.15, 0.2) is 28.9 Å². The third-order valence-electron chi connectivity index (χ3n) is 4.34. The fourth-order valence-electron chi connectivity index (χ4n) is 3.29. The Balaban J connectivity index is 1.49. The lowest BCUT2D eigenvalue weighted by molar-refractivity contribution is 0.0896. The number of rotatable bonds is 3. The largest absolute Gasteiger partial charge is 0.432 e. The van der Waals surface area contributed by atoms with Crippen LogP contribution in [0.5, 0.6) is 0 Å². The smallest absolute Gasteiger partial charge is 0.307 e. The van der Waals surface area contributed by atoms with Crippen molar-refractivity contribution in [3.8, 4) is 11.3 Å². The van der Waals surface area contributed by atoms with Crippen LogP contribution in [0.1, 0.15) is 29.9 Å². The summed E-state index contributed by atoms with van der Waals surface area (Å²) in [6, 6.07) is 4.07. The molecule has 4 heterocycles. The molecule has 22 heavy (non-hydrogen) atoms. The van der Waals surface area contributed by atoms with Gasteiger partial charge in [0, 0.05) is 24.3 Å². The van der Waals surface area contributed by atoms with Gasteiger partial charge in [0.25, 0.3) is 5.89 Å². The molecule has 4 rings (SSSR count). The molecule has 2 aliphatic rings. The summed E-state index contributed by atoms with van der Waals surface area (Å²) < 4.78 is 19.0. The predicted molar refractivity (Wildman–Crippen MR) is 75.5 cm³/mol. The van der Waals surface area contributed by atoms with Crippen molar-refractivity contribution < 1.29 is 13.6 Å². The zero-order valence-electron chi connectivity index (χ0n) is 11.8. The fraction of sp³-hybridized carbons (Fsp3) is 0.400. The molecule has 6 nitrogen and oxygen atoms in total. The van der Waals surface area contributed by atoms with Crippen molar-refractivity contribution in [2.75, 3.05) is 0 Å². The zero-order valence-corrected chi connectivity index (χ0v) is 11.8. The third kappa shape index (κ3) is 2.27. The highest BCUT2D eigenvalue weighted by Gasteiger charge is 2.40. The van der Waals surface area contributed by atoms with Crippen LogP contribution in [0, 0.1) is 5.95 Å². The molecule has 2 bridgehead atoms. The summed E-state index contributed by atoms with van der Waals surface area (Å²) in [4.78, 5) is 19.7. The number of nitrogens with zero attached hydrogens (tertiary/aromatic N) is 2. The van der Waals surface area contributed by atoms with Gasteiger partial charge in [-0.15, -0.1) is 0 Å². The van der Waals surface area contributed by atoms with E-state index >= 15 is 0 Å². The van der Waals surface area contributed by atoms with Crippen LogP contribution in [0.2, 0.25) is 0 Å². The molecule has 2 aromatic rings. The molecule has 1 amide bonds. The second kappa shape index (κ2) is 5.17. The van der Waals surface area contributed by atoms with Gasteiger partial charge < -0.3 is 15.1 Å². The van der Waals surface area contributed by atoms with E-state index in [1.165, 1.54) is 24.9 Å². The number of hydrogen-bond acceptors (Lipinski definition) is 5. The van der Waals surface area contributed by atoms with E-state index in [0.29, 0.717) is 12.1 Å². The Kier molecular flexibility index (Phi) is 3.15. The van der Waals surface area contributed by atoms with Gasteiger partial charge in [-0.05, 0) is 31.4 Å². The lowest BCUT2D eigenvalue weighted by Crippen LogP contribution is -2.43. The lowest BCUT2D eigenvalue weighted by atomic mass is 9.95. The summed E-state index contributed by atoms with van der Waals surface area (Å²) in [5.74, 6) is -0.874. The van der Waals surface area contributed by atoms with Crippen LogP contribution in [0.4, 0.5) is 4.39 Å². The number of hydrogen-bond donors (Lipinski definition) is 2. The van der Waals surface area contributed by atoms with E-state index in [0.717, 1.165) is 12.8 Å². The van der Waals surface area contributed by atoms with Gasteiger partial charge in [0.05, 0.1) is 11.8 Å². The minimum absolute atomic E-state index is 0.0546. The van der Waals surface area contributed by atoms with Crippen molar-refractivity contribution in [1.29, 1.82) is 0 Å². The summed E-state index contributed by atoms with van der Waals surface area (Å²) in [6.07, 6.45) is 5.87. The molecule has 0 spiro atoms. The number of aromatic nitrogens is 2. The molecule has 7 heteroatoms. The molecule has 0 aliphatic carbocycles. The van der Waals surface area contributed by atoms with Gasteiger partial charge in [-0.1, -0.05) is 0 Å². The normalized spacial score (nSPS) is 26.3. The van der Waals surface area contributed by atoms with Gasteiger partial charge >= 0.3 is 5.91 Å². The Bertz CT molecular complexity index is 717. The first-order valence-corrected chi connectivity index (χ1v) is 7.34. The summed E-state index contributed by atoms with van der Waals surface area (Å²) in [5, 5.41) is 6.39. The number of carbonyl (C=O) groups is 1. The minimum atomic E-state index is -0.650. The molecule has 3 atom stereocenters. The first-order chi connectivity index (χ1) is 10.7. The second-order valence-corrected chi connectivity index (χ2v) is 5.73. The Morgan fingerprint density at radius 1 is 1.41 bits per heavy atom. The topological polar surface area (TPSA) is 80.0 Å². The van der Waals surface area contributed by atoms with Crippen LogP contribution in [-0.4, -0.2) is 34.0 Å². The van der Waals surface area contributed by atoms with Crippen LogP contribution >= 0.6 is 0 Å². The number of nitrogens with one attached hydrogen (secondary N) is 2. The maximum absolute atomic E-state index is 13.6. The SMILES string of the molecule is O=C(N[C@@H]1C[C@H]2CC[C@@H]1N2)c1ncc(-c2cccnc2F)o1. The van der Waals surface area contributed by atoms with E-state index in [2.05, 4.69) is 20.6 Å². The van der Waals surface area contributed by atoms with Gasteiger partial charge in [0.2, 0.25) is 5.95 Å². The van der Waals surface area contributed by atoms with Crippen molar-refractivity contribution in [3.05, 3.63) is 36.4 Å². The van der Waals surface area contributed by atoms with Crippen LogP contribution in [0.25, 0.3) is 11.3 Å². The van der Waals surface area contributed by atoms with Crippen molar-refractivity contribution in [2.24, 2.45) is 0 Å². The van der Waals surface area contributed by atoms with Gasteiger partial charge in [-0.25, -0.2) is 9.97 Å². The Labute approximate surface area is 126 Å². The fourth-order valence-corrected chi connectivity index (χ4v) is 3.29. The number of pyridine rings is 1. The highest BCUT2D eigenvalue weighted by molar-refractivity contribution is 5.90. The van der Waals surface area contributed by atoms with Crippen molar-refractivity contribution in [2.45, 2.75) is 37.4 Å². The zero-order chi connectivity index (χ0) is 15.1. The molecule has 2 saturated heterocycles. The first-order valence-electron chi connectivity index (χ1n) is 7.34. The van der Waals surface area contributed by atoms with E-state index in [9.17, 15) is 9.18 Å². The summed E-state index contributed by atoms with van der Waals surface area (Å²) >= 11 is 0. The van der Waals surface area contributed by atoms with E-state index in [4.69, 9.17) is 4.42 Å². The second-order valence-electron chi connectivity index (χ2n) is 5.73. The van der Waals surface area contributed by atoms with Crippen molar-refractivity contribution in [1.82, 2.24) is 20.6 Å². The summed E-state index contributed by atoms with van der Waals surface area (Å²) in [6.45, 7) is 0. The van der Waals surface area contributed by atoms with Gasteiger partial charge in [-0.2, -0.15) is 4.39 Å². The molecular weight excluding hydrogens is 287 g/mol. The number of fused-ring (bicyclic) bond motifs is 2. The van der Waals surface area contributed by atoms with E-state index in [1.54, 1.807) is 6.07 Å². The van der Waals surface area contributed by atoms with E-state index in [-0.39, 0.29) is 29.2 Å². The number of oxazole rings is 1. The molecule has 2 N–H and O–H groups in total. The van der Waals surface area contributed by atoms with Crippen molar-refractivity contribution >= 4 is 5.91 Å². The first kappa shape index (κ1) is 13.4. The Morgan fingerprint density at radius 2 is 2.32 bits per heavy atom. The molecule has 0 radical (unpaired) electrons. The Hall–Kier alpha value is -2.28. The van der Waals surface area contributed by atoms with Crippen molar-refractivity contribution in [3.63, 3.8) is 0 Å². The minimum Gasteiger partial charge on any atom is -0.432 e. The van der Waals surface area contributed by atoms with E-state index < -0.39 is 5.95 Å². The molecule has 0 aromatic carbocycles. The monoisotopic (exact) mass is 302 g/mol. The van der Waals surface area contributed by atoms with Gasteiger partial charge in [0.15, 0.2) is 5.76 Å². The van der Waals surface area contributed by atoms with Gasteiger partial charge in [-0.3, -0.25) is 4.79 Å². The Morgan fingerprint density at radius 3 is 3.05 bits per heavy atom. The summed E-state index contributed by atoms with van der Waals surface area (Å²) in [7, 11) is 0. The molecule has 114 valence electrons. The number of carbonyl (C=O) groups excluding carboxylic acids is 1. The molecule has 2 fully saturated rings. The average molecular weight is 302 g/mol. The maximum atomic E-state index is 13.6. The number of amides is 1. The molecule has 0 unspecified atom stereocenters. The third-order valence-corrected chi connectivity index (χ3v) is 4.34. The molecule has 2 aliphatic heterocycles. The molecular formula is C15H15FN4O2. The van der Waals surface area contributed by atoms with Crippen LogP contribution in [0.3, 0.4) is 0 Å². The number of halogens is 1. The van der Waals surface area contributed by atoms with Crippen LogP contribution < -0.4 is 10.6 Å². The average Bonchev–Trinajstić information content (AvgIpc) is 3.24.